The van der Waals surface area contributed by atoms with Gasteiger partial charge in [-0.25, -0.2) is 4.79 Å². The Labute approximate surface area is 107 Å². The van der Waals surface area contributed by atoms with Crippen LogP contribution < -0.4 is 15.8 Å². The number of para-hydroxylation sites is 1. The molecule has 0 aromatic heterocycles. The molecule has 0 unspecified atom stereocenters. The van der Waals surface area contributed by atoms with E-state index in [0.717, 1.165) is 12.8 Å². The summed E-state index contributed by atoms with van der Waals surface area (Å²) >= 11 is 0. The molecule has 0 saturated carbocycles. The van der Waals surface area contributed by atoms with Crippen molar-refractivity contribution in [1.82, 2.24) is 5.32 Å². The van der Waals surface area contributed by atoms with Crippen molar-refractivity contribution in [2.45, 2.75) is 12.8 Å². The van der Waals surface area contributed by atoms with Gasteiger partial charge in [-0.15, -0.1) is 0 Å². The van der Waals surface area contributed by atoms with Crippen LogP contribution in [0.25, 0.3) is 0 Å². The highest BCUT2D eigenvalue weighted by atomic mass is 16.6. The van der Waals surface area contributed by atoms with Crippen LogP contribution in [0, 0.1) is 0 Å². The zero-order valence-electron chi connectivity index (χ0n) is 10.4. The van der Waals surface area contributed by atoms with Crippen molar-refractivity contribution in [3.05, 3.63) is 30.3 Å². The van der Waals surface area contributed by atoms with E-state index in [4.69, 9.17) is 15.2 Å². The van der Waals surface area contributed by atoms with E-state index in [1.807, 2.05) is 18.2 Å². The number of nitrogens with one attached hydrogen (secondary N) is 1. The number of amides is 1. The Morgan fingerprint density at radius 3 is 2.61 bits per heavy atom. The van der Waals surface area contributed by atoms with Crippen molar-refractivity contribution >= 4 is 6.09 Å². The SMILES string of the molecule is NCCCOCCCNC(=O)Oc1ccccc1. The third kappa shape index (κ3) is 6.88. The molecule has 100 valence electrons. The summed E-state index contributed by atoms with van der Waals surface area (Å²) in [6, 6.07) is 8.95. The van der Waals surface area contributed by atoms with Gasteiger partial charge in [-0.05, 0) is 31.5 Å². The molecule has 3 N–H and O–H groups in total. The van der Waals surface area contributed by atoms with Gasteiger partial charge in [-0.1, -0.05) is 18.2 Å². The molecule has 0 heterocycles. The van der Waals surface area contributed by atoms with Gasteiger partial charge in [-0.2, -0.15) is 0 Å². The minimum atomic E-state index is -0.442. The lowest BCUT2D eigenvalue weighted by molar-refractivity contribution is 0.130. The van der Waals surface area contributed by atoms with Crippen LogP contribution in [0.2, 0.25) is 0 Å². The molecule has 0 saturated heterocycles. The van der Waals surface area contributed by atoms with Crippen molar-refractivity contribution < 1.29 is 14.3 Å². The van der Waals surface area contributed by atoms with Gasteiger partial charge in [0.1, 0.15) is 5.75 Å². The van der Waals surface area contributed by atoms with Crippen molar-refractivity contribution in [2.24, 2.45) is 5.73 Å². The lowest BCUT2D eigenvalue weighted by atomic mass is 10.3. The van der Waals surface area contributed by atoms with Crippen LogP contribution in [0.1, 0.15) is 12.8 Å². The quantitative estimate of drug-likeness (QED) is 0.688. The topological polar surface area (TPSA) is 73.6 Å². The smallest absolute Gasteiger partial charge is 0.410 e. The highest BCUT2D eigenvalue weighted by Crippen LogP contribution is 2.07. The van der Waals surface area contributed by atoms with Gasteiger partial charge in [0.05, 0.1) is 0 Å². The summed E-state index contributed by atoms with van der Waals surface area (Å²) < 4.78 is 10.4. The van der Waals surface area contributed by atoms with E-state index in [1.165, 1.54) is 0 Å². The largest absolute Gasteiger partial charge is 0.412 e. The fourth-order valence-corrected chi connectivity index (χ4v) is 1.28. The van der Waals surface area contributed by atoms with Gasteiger partial charge in [-0.3, -0.25) is 0 Å². The van der Waals surface area contributed by atoms with Gasteiger partial charge in [0.15, 0.2) is 0 Å². The Bertz CT molecular complexity index is 330. The maximum absolute atomic E-state index is 11.4. The van der Waals surface area contributed by atoms with E-state index in [1.54, 1.807) is 12.1 Å². The Morgan fingerprint density at radius 1 is 1.17 bits per heavy atom. The number of ether oxygens (including phenoxy) is 2. The number of benzene rings is 1. The maximum atomic E-state index is 11.4. The number of carbonyl (C=O) groups excluding carboxylic acids is 1. The first-order chi connectivity index (χ1) is 8.83. The van der Waals surface area contributed by atoms with E-state index >= 15 is 0 Å². The monoisotopic (exact) mass is 252 g/mol. The van der Waals surface area contributed by atoms with Crippen LogP contribution in [0.15, 0.2) is 30.3 Å². The molecular formula is C13H20N2O3. The van der Waals surface area contributed by atoms with Gasteiger partial charge >= 0.3 is 6.09 Å². The number of nitrogens with two attached hydrogens (primary N) is 1. The van der Waals surface area contributed by atoms with E-state index in [-0.39, 0.29) is 0 Å². The summed E-state index contributed by atoms with van der Waals surface area (Å²) in [6.07, 6.45) is 1.18. The number of rotatable bonds is 8. The molecule has 18 heavy (non-hydrogen) atoms. The second-order valence-corrected chi connectivity index (χ2v) is 3.74. The average Bonchev–Trinajstić information content (AvgIpc) is 2.39. The van der Waals surface area contributed by atoms with Crippen LogP contribution in [0.3, 0.4) is 0 Å². The van der Waals surface area contributed by atoms with Crippen LogP contribution >= 0.6 is 0 Å². The molecule has 0 aliphatic carbocycles. The van der Waals surface area contributed by atoms with E-state index in [2.05, 4.69) is 5.32 Å². The second-order valence-electron chi connectivity index (χ2n) is 3.74. The maximum Gasteiger partial charge on any atom is 0.412 e. The van der Waals surface area contributed by atoms with Gasteiger partial charge in [0.25, 0.3) is 0 Å². The molecule has 5 nitrogen and oxygen atoms in total. The lowest BCUT2D eigenvalue weighted by Crippen LogP contribution is -2.28. The summed E-state index contributed by atoms with van der Waals surface area (Å²) in [5.41, 5.74) is 5.33. The lowest BCUT2D eigenvalue weighted by Gasteiger charge is -2.06. The van der Waals surface area contributed by atoms with Crippen molar-refractivity contribution in [3.63, 3.8) is 0 Å². The van der Waals surface area contributed by atoms with E-state index in [0.29, 0.717) is 32.1 Å². The minimum absolute atomic E-state index is 0.442. The Kier molecular flexibility index (Phi) is 7.59. The molecule has 0 spiro atoms. The molecule has 1 amide bonds. The third-order valence-electron chi connectivity index (χ3n) is 2.18. The molecule has 1 aromatic carbocycles. The van der Waals surface area contributed by atoms with Crippen LogP contribution in [-0.4, -0.2) is 32.4 Å². The molecule has 0 radical (unpaired) electrons. The van der Waals surface area contributed by atoms with Crippen LogP contribution in [0.4, 0.5) is 4.79 Å². The average molecular weight is 252 g/mol. The first kappa shape index (κ1) is 14.5. The highest BCUT2D eigenvalue weighted by Gasteiger charge is 2.02. The Hall–Kier alpha value is -1.59. The summed E-state index contributed by atoms with van der Waals surface area (Å²) in [5, 5.41) is 2.66. The summed E-state index contributed by atoms with van der Waals surface area (Å²) in [5.74, 6) is 0.536. The number of hydrogen-bond donors (Lipinski definition) is 2. The van der Waals surface area contributed by atoms with Gasteiger partial charge in [0, 0.05) is 19.8 Å². The molecule has 0 fully saturated rings. The molecule has 0 bridgehead atoms. The standard InChI is InChI=1S/C13H20N2O3/c14-8-4-10-17-11-5-9-15-13(16)18-12-6-2-1-3-7-12/h1-3,6-7H,4-5,8-11,14H2,(H,15,16). The summed E-state index contributed by atoms with van der Waals surface area (Å²) in [7, 11) is 0. The first-order valence-corrected chi connectivity index (χ1v) is 6.11. The fourth-order valence-electron chi connectivity index (χ4n) is 1.28. The summed E-state index contributed by atoms with van der Waals surface area (Å²) in [4.78, 5) is 11.4. The minimum Gasteiger partial charge on any atom is -0.410 e. The Balaban J connectivity index is 2.00. The molecule has 1 aromatic rings. The third-order valence-corrected chi connectivity index (χ3v) is 2.18. The van der Waals surface area contributed by atoms with Crippen molar-refractivity contribution in [1.29, 1.82) is 0 Å². The molecular weight excluding hydrogens is 232 g/mol. The molecule has 5 heteroatoms. The van der Waals surface area contributed by atoms with Gasteiger partial charge < -0.3 is 20.5 Å². The zero-order chi connectivity index (χ0) is 13.1. The molecule has 1 rings (SSSR count). The number of hydrogen-bond acceptors (Lipinski definition) is 4. The van der Waals surface area contributed by atoms with Crippen molar-refractivity contribution in [2.75, 3.05) is 26.3 Å². The predicted molar refractivity (Wildman–Crippen MR) is 69.6 cm³/mol. The second kappa shape index (κ2) is 9.44. The van der Waals surface area contributed by atoms with Crippen LogP contribution in [0.5, 0.6) is 5.75 Å². The van der Waals surface area contributed by atoms with E-state index < -0.39 is 6.09 Å². The van der Waals surface area contributed by atoms with Crippen molar-refractivity contribution in [3.8, 4) is 5.75 Å². The fraction of sp³-hybridized carbons (Fsp3) is 0.462. The molecule has 0 aliphatic rings. The normalized spacial score (nSPS) is 10.1. The molecule has 0 atom stereocenters. The zero-order valence-corrected chi connectivity index (χ0v) is 10.4. The number of carbonyl (C=O) groups is 1. The highest BCUT2D eigenvalue weighted by molar-refractivity contribution is 5.70. The summed E-state index contributed by atoms with van der Waals surface area (Å²) in [6.45, 7) is 2.46. The molecule has 0 aliphatic heterocycles. The van der Waals surface area contributed by atoms with Gasteiger partial charge in [0.2, 0.25) is 0 Å². The first-order valence-electron chi connectivity index (χ1n) is 6.11. The predicted octanol–water partition coefficient (Wildman–Crippen LogP) is 1.53. The Morgan fingerprint density at radius 2 is 1.89 bits per heavy atom. The van der Waals surface area contributed by atoms with Crippen LogP contribution in [-0.2, 0) is 4.74 Å². The van der Waals surface area contributed by atoms with E-state index in [9.17, 15) is 4.79 Å².